The molecule has 0 saturated carbocycles. The first-order valence-corrected chi connectivity index (χ1v) is 8.81. The Morgan fingerprint density at radius 1 is 1.10 bits per heavy atom. The lowest BCUT2D eigenvalue weighted by molar-refractivity contribution is -0.119. The van der Waals surface area contributed by atoms with Crippen LogP contribution in [0.3, 0.4) is 0 Å². The van der Waals surface area contributed by atoms with Gasteiger partial charge in [0.15, 0.2) is 5.78 Å². The van der Waals surface area contributed by atoms with Crippen molar-refractivity contribution in [1.29, 1.82) is 0 Å². The molecule has 4 heteroatoms. The highest BCUT2D eigenvalue weighted by molar-refractivity contribution is 8.04. The van der Waals surface area contributed by atoms with Crippen LogP contribution in [0.5, 0.6) is 0 Å². The summed E-state index contributed by atoms with van der Waals surface area (Å²) >= 11 is 1.53. The van der Waals surface area contributed by atoms with Crippen LogP contribution in [0, 0.1) is 5.92 Å². The second-order valence-electron chi connectivity index (χ2n) is 5.32. The van der Waals surface area contributed by atoms with E-state index < -0.39 is 0 Å². The molecule has 20 heavy (non-hydrogen) atoms. The minimum atomic E-state index is -0.0679. The lowest BCUT2D eigenvalue weighted by Gasteiger charge is -2.21. The first kappa shape index (κ1) is 17.3. The van der Waals surface area contributed by atoms with Crippen molar-refractivity contribution in [2.24, 2.45) is 5.92 Å². The minimum Gasteiger partial charge on any atom is -0.348 e. The smallest absolute Gasteiger partial charge is 0.258 e. The maximum Gasteiger partial charge on any atom is 0.258 e. The van der Waals surface area contributed by atoms with Crippen LogP contribution in [0.15, 0.2) is 11.0 Å². The number of allylic oxidation sites excluding steroid dienone is 1. The van der Waals surface area contributed by atoms with Crippen LogP contribution in [0.2, 0.25) is 0 Å². The average Bonchev–Trinajstić information content (AvgIpc) is 2.55. The third-order valence-corrected chi connectivity index (χ3v) is 4.91. The van der Waals surface area contributed by atoms with Gasteiger partial charge in [0.25, 0.3) is 5.91 Å². The molecule has 1 N–H and O–H groups in total. The van der Waals surface area contributed by atoms with Gasteiger partial charge in [0.05, 0.1) is 4.91 Å². The summed E-state index contributed by atoms with van der Waals surface area (Å²) in [6.07, 6.45) is 7.90. The molecule has 0 aliphatic carbocycles. The molecule has 1 aliphatic rings. The van der Waals surface area contributed by atoms with E-state index in [2.05, 4.69) is 12.2 Å². The number of thioether (sulfide) groups is 1. The van der Waals surface area contributed by atoms with E-state index in [4.69, 9.17) is 0 Å². The van der Waals surface area contributed by atoms with Gasteiger partial charge < -0.3 is 5.32 Å². The number of unbranched alkanes of at least 4 members (excludes halogenated alkanes) is 3. The molecule has 2 unspecified atom stereocenters. The highest BCUT2D eigenvalue weighted by Gasteiger charge is 2.30. The maximum absolute atomic E-state index is 12.2. The zero-order chi connectivity index (χ0) is 15.0. The predicted molar refractivity (Wildman–Crippen MR) is 85.7 cm³/mol. The third kappa shape index (κ3) is 4.97. The van der Waals surface area contributed by atoms with Crippen LogP contribution in [0.25, 0.3) is 0 Å². The van der Waals surface area contributed by atoms with E-state index in [1.165, 1.54) is 31.0 Å². The Balaban J connectivity index is 2.61. The van der Waals surface area contributed by atoms with Crippen molar-refractivity contribution in [1.82, 2.24) is 5.32 Å². The molecule has 0 aromatic carbocycles. The highest BCUT2D eigenvalue weighted by Crippen LogP contribution is 2.25. The quantitative estimate of drug-likeness (QED) is 0.695. The van der Waals surface area contributed by atoms with E-state index in [0.29, 0.717) is 4.91 Å². The molecule has 0 spiro atoms. The topological polar surface area (TPSA) is 46.2 Å². The molecule has 1 amide bonds. The number of nitrogens with one attached hydrogen (secondary N) is 1. The summed E-state index contributed by atoms with van der Waals surface area (Å²) in [4.78, 5) is 25.0. The standard InChI is InChI=1S/C16H27NO2S/c1-4-7-8-9-10-20-15-11-14(18)12(5-2)13(6-3)17-16(15)19/h11-13H,4-10H2,1-3H3,(H,17,19). The zero-order valence-electron chi connectivity index (χ0n) is 12.9. The largest absolute Gasteiger partial charge is 0.348 e. The van der Waals surface area contributed by atoms with Crippen LogP contribution >= 0.6 is 11.8 Å². The zero-order valence-corrected chi connectivity index (χ0v) is 13.7. The molecule has 0 radical (unpaired) electrons. The number of carbonyl (C=O) groups excluding carboxylic acids is 2. The fourth-order valence-electron chi connectivity index (χ4n) is 2.53. The van der Waals surface area contributed by atoms with Gasteiger partial charge in [-0.05, 0) is 25.0 Å². The van der Waals surface area contributed by atoms with E-state index in [9.17, 15) is 9.59 Å². The van der Waals surface area contributed by atoms with Gasteiger partial charge >= 0.3 is 0 Å². The van der Waals surface area contributed by atoms with Crippen molar-refractivity contribution in [3.8, 4) is 0 Å². The summed E-state index contributed by atoms with van der Waals surface area (Å²) in [5.74, 6) is 0.887. The summed E-state index contributed by atoms with van der Waals surface area (Å²) in [5.41, 5.74) is 0. The first-order chi connectivity index (χ1) is 9.63. The normalized spacial score (nSPS) is 23.2. The maximum atomic E-state index is 12.2. The van der Waals surface area contributed by atoms with Crippen LogP contribution < -0.4 is 5.32 Å². The molecule has 0 aromatic heterocycles. The van der Waals surface area contributed by atoms with Crippen molar-refractivity contribution in [2.75, 3.05) is 5.75 Å². The molecule has 2 atom stereocenters. The molecule has 0 bridgehead atoms. The van der Waals surface area contributed by atoms with Crippen molar-refractivity contribution in [3.05, 3.63) is 11.0 Å². The highest BCUT2D eigenvalue weighted by atomic mass is 32.2. The van der Waals surface area contributed by atoms with Crippen LogP contribution in [0.4, 0.5) is 0 Å². The lowest BCUT2D eigenvalue weighted by Crippen LogP contribution is -2.40. The number of rotatable bonds is 8. The van der Waals surface area contributed by atoms with Crippen molar-refractivity contribution in [2.45, 2.75) is 65.3 Å². The van der Waals surface area contributed by atoms with E-state index in [0.717, 1.165) is 25.0 Å². The first-order valence-electron chi connectivity index (χ1n) is 7.83. The van der Waals surface area contributed by atoms with Crippen molar-refractivity contribution >= 4 is 23.5 Å². The summed E-state index contributed by atoms with van der Waals surface area (Å²) in [6, 6.07) is -0.0190. The summed E-state index contributed by atoms with van der Waals surface area (Å²) in [5, 5.41) is 3.01. The Labute approximate surface area is 127 Å². The number of hydrogen-bond acceptors (Lipinski definition) is 3. The molecule has 1 rings (SSSR count). The Hall–Kier alpha value is -0.770. The second kappa shape index (κ2) is 9.22. The van der Waals surface area contributed by atoms with Gasteiger partial charge in [-0.2, -0.15) is 0 Å². The van der Waals surface area contributed by atoms with Gasteiger partial charge in [0, 0.05) is 18.0 Å². The Morgan fingerprint density at radius 2 is 1.85 bits per heavy atom. The second-order valence-corrected chi connectivity index (χ2v) is 6.46. The summed E-state index contributed by atoms with van der Waals surface area (Å²) in [7, 11) is 0. The van der Waals surface area contributed by atoms with Gasteiger partial charge in [-0.1, -0.05) is 40.0 Å². The SMILES string of the molecule is CCCCCCSC1=CC(=O)C(CC)C(CC)NC1=O. The monoisotopic (exact) mass is 297 g/mol. The van der Waals surface area contributed by atoms with Crippen molar-refractivity contribution < 1.29 is 9.59 Å². The lowest BCUT2D eigenvalue weighted by atomic mass is 9.91. The van der Waals surface area contributed by atoms with Gasteiger partial charge in [0.2, 0.25) is 0 Å². The third-order valence-electron chi connectivity index (χ3n) is 3.80. The number of ketones is 1. The average molecular weight is 297 g/mol. The number of hydrogen-bond donors (Lipinski definition) is 1. The molecule has 1 aliphatic heterocycles. The van der Waals surface area contributed by atoms with Crippen LogP contribution in [-0.2, 0) is 9.59 Å². The molecular formula is C16H27NO2S. The van der Waals surface area contributed by atoms with E-state index in [-0.39, 0.29) is 23.7 Å². The molecule has 0 saturated heterocycles. The molecule has 0 fully saturated rings. The fourth-order valence-corrected chi connectivity index (χ4v) is 3.49. The van der Waals surface area contributed by atoms with Gasteiger partial charge in [-0.15, -0.1) is 11.8 Å². The Bertz CT molecular complexity index is 365. The Morgan fingerprint density at radius 3 is 2.45 bits per heavy atom. The van der Waals surface area contributed by atoms with Crippen molar-refractivity contribution in [3.63, 3.8) is 0 Å². The molecule has 1 heterocycles. The van der Waals surface area contributed by atoms with Gasteiger partial charge in [-0.25, -0.2) is 0 Å². The van der Waals surface area contributed by atoms with Crippen LogP contribution in [0.1, 0.15) is 59.3 Å². The molecule has 114 valence electrons. The van der Waals surface area contributed by atoms with Crippen LogP contribution in [-0.4, -0.2) is 23.5 Å². The molecule has 3 nitrogen and oxygen atoms in total. The fraction of sp³-hybridized carbons (Fsp3) is 0.750. The number of carbonyl (C=O) groups is 2. The molecule has 0 aromatic rings. The number of amides is 1. The van der Waals surface area contributed by atoms with E-state index in [1.807, 2.05) is 13.8 Å². The summed E-state index contributed by atoms with van der Waals surface area (Å²) in [6.45, 7) is 6.21. The van der Waals surface area contributed by atoms with E-state index >= 15 is 0 Å². The molecular weight excluding hydrogens is 270 g/mol. The van der Waals surface area contributed by atoms with E-state index in [1.54, 1.807) is 6.08 Å². The van der Waals surface area contributed by atoms with Gasteiger partial charge in [-0.3, -0.25) is 9.59 Å². The summed E-state index contributed by atoms with van der Waals surface area (Å²) < 4.78 is 0. The minimum absolute atomic E-state index is 0.0190. The Kier molecular flexibility index (Phi) is 7.97. The van der Waals surface area contributed by atoms with Gasteiger partial charge in [0.1, 0.15) is 0 Å². The predicted octanol–water partition coefficient (Wildman–Crippen LogP) is 3.69.